The van der Waals surface area contributed by atoms with E-state index in [2.05, 4.69) is 11.9 Å². The Morgan fingerprint density at radius 2 is 2.10 bits per heavy atom. The maximum Gasteiger partial charge on any atom is 0.251 e. The molecule has 110 valence electrons. The molecule has 20 heavy (non-hydrogen) atoms. The average molecular weight is 277 g/mol. The van der Waals surface area contributed by atoms with Gasteiger partial charge in [0.05, 0.1) is 0 Å². The summed E-state index contributed by atoms with van der Waals surface area (Å²) in [5, 5.41) is 12.0. The Balaban J connectivity index is 2.69. The van der Waals surface area contributed by atoms with Gasteiger partial charge in [-0.3, -0.25) is 4.79 Å². The lowest BCUT2D eigenvalue weighted by molar-refractivity contribution is 0.0886. The monoisotopic (exact) mass is 277 g/mol. The van der Waals surface area contributed by atoms with E-state index in [1.54, 1.807) is 30.3 Å². The first kappa shape index (κ1) is 16.2. The number of amides is 1. The number of hydrogen-bond acceptors (Lipinski definition) is 3. The van der Waals surface area contributed by atoms with Crippen LogP contribution >= 0.6 is 0 Å². The van der Waals surface area contributed by atoms with E-state index in [4.69, 9.17) is 9.84 Å². The second-order valence-electron chi connectivity index (χ2n) is 4.97. The topological polar surface area (TPSA) is 58.6 Å². The van der Waals surface area contributed by atoms with Gasteiger partial charge in [0.15, 0.2) is 0 Å². The Bertz CT molecular complexity index is 442. The molecule has 0 saturated carbocycles. The van der Waals surface area contributed by atoms with Crippen molar-refractivity contribution in [1.82, 2.24) is 5.32 Å². The molecule has 1 rings (SSSR count). The first-order valence-electron chi connectivity index (χ1n) is 6.82. The molecular weight excluding hydrogens is 254 g/mol. The van der Waals surface area contributed by atoms with Crippen LogP contribution in [-0.2, 0) is 0 Å². The second-order valence-corrected chi connectivity index (χ2v) is 4.97. The van der Waals surface area contributed by atoms with Crippen molar-refractivity contribution in [2.75, 3.05) is 13.2 Å². The number of carbonyl (C=O) groups excluding carboxylic acids is 1. The number of aliphatic hydroxyl groups excluding tert-OH is 1. The third-order valence-corrected chi connectivity index (χ3v) is 3.34. The third kappa shape index (κ3) is 4.70. The molecule has 0 aromatic heterocycles. The summed E-state index contributed by atoms with van der Waals surface area (Å²) in [6.07, 6.45) is 2.97. The van der Waals surface area contributed by atoms with E-state index in [-0.39, 0.29) is 18.1 Å². The molecule has 1 aromatic rings. The van der Waals surface area contributed by atoms with Crippen molar-refractivity contribution in [2.45, 2.75) is 32.2 Å². The van der Waals surface area contributed by atoms with E-state index in [1.165, 1.54) is 0 Å². The molecule has 0 heterocycles. The van der Waals surface area contributed by atoms with Gasteiger partial charge in [-0.05, 0) is 44.0 Å². The Hall–Kier alpha value is -1.81. The van der Waals surface area contributed by atoms with Crippen molar-refractivity contribution in [3.05, 3.63) is 42.5 Å². The summed E-state index contributed by atoms with van der Waals surface area (Å²) < 4.78 is 5.37. The molecule has 2 N–H and O–H groups in total. The molecule has 1 aromatic carbocycles. The van der Waals surface area contributed by atoms with Crippen molar-refractivity contribution in [2.24, 2.45) is 0 Å². The van der Waals surface area contributed by atoms with Crippen LogP contribution in [0.25, 0.3) is 0 Å². The van der Waals surface area contributed by atoms with Crippen molar-refractivity contribution >= 4 is 5.91 Å². The number of carbonyl (C=O) groups is 1. The summed E-state index contributed by atoms with van der Waals surface area (Å²) in [5.41, 5.74) is 0.192. The highest BCUT2D eigenvalue weighted by Crippen LogP contribution is 2.17. The minimum Gasteiger partial charge on any atom is -0.490 e. The molecule has 0 saturated heterocycles. The number of hydrogen-bond donors (Lipinski definition) is 2. The number of nitrogens with one attached hydrogen (secondary N) is 1. The van der Waals surface area contributed by atoms with Gasteiger partial charge in [0.1, 0.15) is 12.4 Å². The minimum absolute atomic E-state index is 0.0545. The zero-order valence-corrected chi connectivity index (χ0v) is 12.2. The van der Waals surface area contributed by atoms with Crippen LogP contribution in [0.3, 0.4) is 0 Å². The van der Waals surface area contributed by atoms with Crippen LogP contribution in [-0.4, -0.2) is 29.8 Å². The Morgan fingerprint density at radius 3 is 2.60 bits per heavy atom. The van der Waals surface area contributed by atoms with E-state index >= 15 is 0 Å². The van der Waals surface area contributed by atoms with E-state index < -0.39 is 0 Å². The molecule has 0 radical (unpaired) electrons. The lowest BCUT2D eigenvalue weighted by Crippen LogP contribution is -2.46. The summed E-state index contributed by atoms with van der Waals surface area (Å²) >= 11 is 0. The molecule has 0 aliphatic heterocycles. The third-order valence-electron chi connectivity index (χ3n) is 3.34. The van der Waals surface area contributed by atoms with Crippen LogP contribution in [0.5, 0.6) is 5.75 Å². The van der Waals surface area contributed by atoms with Crippen LogP contribution in [0.1, 0.15) is 37.0 Å². The fraction of sp³-hybridized carbons (Fsp3) is 0.438. The highest BCUT2D eigenvalue weighted by molar-refractivity contribution is 5.94. The first-order valence-corrected chi connectivity index (χ1v) is 6.82. The number of aliphatic hydroxyl groups is 1. The number of benzene rings is 1. The molecular formula is C16H23NO3. The Morgan fingerprint density at radius 1 is 1.45 bits per heavy atom. The summed E-state index contributed by atoms with van der Waals surface area (Å²) in [6.45, 7) is 8.00. The van der Waals surface area contributed by atoms with Gasteiger partial charge in [0.2, 0.25) is 0 Å². The zero-order chi connectivity index (χ0) is 15.0. The molecule has 0 fully saturated rings. The number of rotatable bonds is 8. The maximum absolute atomic E-state index is 12.2. The van der Waals surface area contributed by atoms with Crippen LogP contribution in [0.4, 0.5) is 0 Å². The number of ether oxygens (including phenoxy) is 1. The molecule has 0 aliphatic rings. The van der Waals surface area contributed by atoms with Gasteiger partial charge in [-0.25, -0.2) is 0 Å². The quantitative estimate of drug-likeness (QED) is 0.718. The predicted octanol–water partition coefficient (Wildman–Crippen LogP) is 2.53. The Labute approximate surface area is 120 Å². The molecule has 1 atom stereocenters. The molecule has 1 amide bonds. The van der Waals surface area contributed by atoms with Gasteiger partial charge in [-0.15, -0.1) is 0 Å². The van der Waals surface area contributed by atoms with E-state index in [0.717, 1.165) is 6.42 Å². The van der Waals surface area contributed by atoms with Gasteiger partial charge in [-0.2, -0.15) is 0 Å². The SMILES string of the molecule is C=CCOc1ccc(C(=O)NC(C)(CC)CCO)cc1. The smallest absolute Gasteiger partial charge is 0.251 e. The van der Waals surface area contributed by atoms with Gasteiger partial charge in [-0.1, -0.05) is 19.6 Å². The van der Waals surface area contributed by atoms with Crippen LogP contribution in [0, 0.1) is 0 Å². The highest BCUT2D eigenvalue weighted by atomic mass is 16.5. The van der Waals surface area contributed by atoms with Crippen LogP contribution < -0.4 is 10.1 Å². The molecule has 0 bridgehead atoms. The molecule has 4 nitrogen and oxygen atoms in total. The normalized spacial score (nSPS) is 13.3. The lowest BCUT2D eigenvalue weighted by Gasteiger charge is -2.29. The van der Waals surface area contributed by atoms with Crippen molar-refractivity contribution in [3.63, 3.8) is 0 Å². The fourth-order valence-electron chi connectivity index (χ4n) is 1.78. The predicted molar refractivity (Wildman–Crippen MR) is 80.0 cm³/mol. The minimum atomic E-state index is -0.385. The highest BCUT2D eigenvalue weighted by Gasteiger charge is 2.24. The summed E-state index contributed by atoms with van der Waals surface area (Å²) in [6, 6.07) is 6.97. The van der Waals surface area contributed by atoms with E-state index in [9.17, 15) is 4.79 Å². The van der Waals surface area contributed by atoms with Gasteiger partial charge >= 0.3 is 0 Å². The van der Waals surface area contributed by atoms with Crippen LogP contribution in [0.2, 0.25) is 0 Å². The zero-order valence-electron chi connectivity index (χ0n) is 12.2. The van der Waals surface area contributed by atoms with Crippen molar-refractivity contribution < 1.29 is 14.6 Å². The molecule has 0 aliphatic carbocycles. The van der Waals surface area contributed by atoms with Gasteiger partial charge in [0, 0.05) is 17.7 Å². The van der Waals surface area contributed by atoms with Gasteiger partial charge in [0.25, 0.3) is 5.91 Å². The molecule has 4 heteroatoms. The average Bonchev–Trinajstić information content (AvgIpc) is 2.45. The maximum atomic E-state index is 12.2. The summed E-state index contributed by atoms with van der Waals surface area (Å²) in [7, 11) is 0. The second kappa shape index (κ2) is 7.70. The summed E-state index contributed by atoms with van der Waals surface area (Å²) in [4.78, 5) is 12.2. The largest absolute Gasteiger partial charge is 0.490 e. The Kier molecular flexibility index (Phi) is 6.25. The van der Waals surface area contributed by atoms with E-state index in [1.807, 2.05) is 13.8 Å². The fourth-order valence-corrected chi connectivity index (χ4v) is 1.78. The molecule has 0 spiro atoms. The first-order chi connectivity index (χ1) is 9.54. The standard InChI is InChI=1S/C16H23NO3/c1-4-12-20-14-8-6-13(7-9-14)15(19)17-16(3,5-2)10-11-18/h4,6-9,18H,1,5,10-12H2,2-3H3,(H,17,19). The molecule has 1 unspecified atom stereocenters. The van der Waals surface area contributed by atoms with E-state index in [0.29, 0.717) is 24.3 Å². The van der Waals surface area contributed by atoms with Crippen molar-refractivity contribution in [3.8, 4) is 5.75 Å². The van der Waals surface area contributed by atoms with Gasteiger partial charge < -0.3 is 15.2 Å². The van der Waals surface area contributed by atoms with Crippen LogP contribution in [0.15, 0.2) is 36.9 Å². The summed E-state index contributed by atoms with van der Waals surface area (Å²) in [5.74, 6) is 0.563. The lowest BCUT2D eigenvalue weighted by atomic mass is 9.94. The van der Waals surface area contributed by atoms with Crippen molar-refractivity contribution in [1.29, 1.82) is 0 Å².